The Hall–Kier alpha value is -2.34. The van der Waals surface area contributed by atoms with Crippen molar-refractivity contribution in [2.24, 2.45) is 10.9 Å². The van der Waals surface area contributed by atoms with E-state index in [4.69, 9.17) is 9.26 Å². The maximum atomic E-state index is 5.69. The number of ether oxygens (including phenoxy) is 1. The van der Waals surface area contributed by atoms with Gasteiger partial charge in [-0.2, -0.15) is 0 Å². The molecule has 1 fully saturated rings. The average Bonchev–Trinajstić information content (AvgIpc) is 3.35. The lowest BCUT2D eigenvalue weighted by Crippen LogP contribution is -2.40. The molecule has 1 aliphatic rings. The molecule has 1 saturated carbocycles. The van der Waals surface area contributed by atoms with Crippen molar-refractivity contribution in [3.8, 4) is 11.3 Å². The van der Waals surface area contributed by atoms with E-state index in [9.17, 15) is 0 Å². The maximum absolute atomic E-state index is 5.69. The number of nitrogens with one attached hydrogen (secondary N) is 1. The molecule has 2 aromatic rings. The molecule has 0 unspecified atom stereocenters. The van der Waals surface area contributed by atoms with Gasteiger partial charge in [0.1, 0.15) is 5.69 Å². The van der Waals surface area contributed by atoms with Crippen molar-refractivity contribution in [1.29, 1.82) is 0 Å². The molecular formula is C19H26N4O2. The zero-order valence-electron chi connectivity index (χ0n) is 14.9. The van der Waals surface area contributed by atoms with Crippen molar-refractivity contribution in [2.45, 2.75) is 19.4 Å². The lowest BCUT2D eigenvalue weighted by molar-refractivity contribution is 0.115. The first-order valence-corrected chi connectivity index (χ1v) is 8.77. The first-order chi connectivity index (χ1) is 12.3. The molecule has 1 heterocycles. The molecule has 1 N–H and O–H groups in total. The van der Waals surface area contributed by atoms with Gasteiger partial charge in [0, 0.05) is 38.9 Å². The third kappa shape index (κ3) is 5.32. The Bertz CT molecular complexity index is 680. The number of nitrogens with zero attached hydrogens (tertiary/aromatic N) is 3. The predicted octanol–water partition coefficient (Wildman–Crippen LogP) is 2.78. The first kappa shape index (κ1) is 17.5. The van der Waals surface area contributed by atoms with Gasteiger partial charge in [0.15, 0.2) is 11.7 Å². The van der Waals surface area contributed by atoms with Crippen molar-refractivity contribution in [3.05, 3.63) is 42.1 Å². The van der Waals surface area contributed by atoms with E-state index in [1.165, 1.54) is 12.8 Å². The molecule has 0 amide bonds. The van der Waals surface area contributed by atoms with Gasteiger partial charge < -0.3 is 19.5 Å². The fourth-order valence-corrected chi connectivity index (χ4v) is 2.53. The van der Waals surface area contributed by atoms with Crippen LogP contribution in [0, 0.1) is 5.92 Å². The molecule has 6 nitrogen and oxygen atoms in total. The fourth-order valence-electron chi connectivity index (χ4n) is 2.53. The van der Waals surface area contributed by atoms with E-state index in [0.717, 1.165) is 48.7 Å². The number of aromatic nitrogens is 1. The molecule has 1 aromatic heterocycles. The summed E-state index contributed by atoms with van der Waals surface area (Å²) in [6.45, 7) is 2.98. The Kier molecular flexibility index (Phi) is 6.06. The third-order valence-electron chi connectivity index (χ3n) is 4.24. The normalized spacial score (nSPS) is 14.6. The van der Waals surface area contributed by atoms with E-state index in [0.29, 0.717) is 6.54 Å². The van der Waals surface area contributed by atoms with Crippen LogP contribution >= 0.6 is 0 Å². The number of benzene rings is 1. The molecule has 0 bridgehead atoms. The Morgan fingerprint density at radius 1 is 1.36 bits per heavy atom. The Morgan fingerprint density at radius 3 is 2.88 bits per heavy atom. The molecule has 0 spiro atoms. The Morgan fingerprint density at radius 2 is 2.16 bits per heavy atom. The van der Waals surface area contributed by atoms with E-state index >= 15 is 0 Å². The van der Waals surface area contributed by atoms with Crippen LogP contribution in [0.15, 0.2) is 45.9 Å². The maximum Gasteiger partial charge on any atom is 0.193 e. The van der Waals surface area contributed by atoms with Crippen LogP contribution in [0.5, 0.6) is 0 Å². The van der Waals surface area contributed by atoms with Gasteiger partial charge in [0.25, 0.3) is 0 Å². The summed E-state index contributed by atoms with van der Waals surface area (Å²) in [5.74, 6) is 2.39. The van der Waals surface area contributed by atoms with E-state index in [2.05, 4.69) is 20.4 Å². The Balaban J connectivity index is 1.45. The number of hydrogen-bond donors (Lipinski definition) is 1. The van der Waals surface area contributed by atoms with E-state index in [1.807, 2.05) is 43.4 Å². The van der Waals surface area contributed by atoms with Crippen LogP contribution in [0.25, 0.3) is 11.3 Å². The van der Waals surface area contributed by atoms with Crippen LogP contribution < -0.4 is 5.32 Å². The Labute approximate surface area is 148 Å². The molecule has 1 aliphatic carbocycles. The minimum Gasteiger partial charge on any atom is -0.379 e. The van der Waals surface area contributed by atoms with Gasteiger partial charge in [-0.15, -0.1) is 0 Å². The van der Waals surface area contributed by atoms with Crippen LogP contribution in [0.4, 0.5) is 0 Å². The smallest absolute Gasteiger partial charge is 0.193 e. The number of likely N-dealkylation sites (N-methyl/N-ethyl adjacent to an activating group) is 1. The van der Waals surface area contributed by atoms with Crippen molar-refractivity contribution in [3.63, 3.8) is 0 Å². The molecular weight excluding hydrogens is 316 g/mol. The van der Waals surface area contributed by atoms with Crippen LogP contribution in [0.2, 0.25) is 0 Å². The van der Waals surface area contributed by atoms with Gasteiger partial charge in [-0.1, -0.05) is 35.5 Å². The summed E-state index contributed by atoms with van der Waals surface area (Å²) in [4.78, 5) is 6.37. The molecule has 3 rings (SSSR count). The summed E-state index contributed by atoms with van der Waals surface area (Å²) in [7, 11) is 3.79. The third-order valence-corrected chi connectivity index (χ3v) is 4.24. The molecule has 0 atom stereocenters. The monoisotopic (exact) mass is 342 g/mol. The lowest BCUT2D eigenvalue weighted by atomic mass is 10.2. The van der Waals surface area contributed by atoms with Crippen LogP contribution in [-0.4, -0.2) is 49.9 Å². The molecule has 0 radical (unpaired) electrons. The summed E-state index contributed by atoms with van der Waals surface area (Å²) in [6.07, 6.45) is 2.64. The van der Waals surface area contributed by atoms with E-state index in [1.54, 1.807) is 7.05 Å². The first-order valence-electron chi connectivity index (χ1n) is 8.77. The summed E-state index contributed by atoms with van der Waals surface area (Å²) in [5.41, 5.74) is 1.87. The van der Waals surface area contributed by atoms with Gasteiger partial charge in [-0.05, 0) is 18.8 Å². The molecule has 0 saturated heterocycles. The highest BCUT2D eigenvalue weighted by Crippen LogP contribution is 2.28. The summed E-state index contributed by atoms with van der Waals surface area (Å²) >= 11 is 0. The second kappa shape index (κ2) is 8.67. The van der Waals surface area contributed by atoms with Gasteiger partial charge in [-0.25, -0.2) is 0 Å². The molecule has 134 valence electrons. The highest BCUT2D eigenvalue weighted by Gasteiger charge is 2.21. The topological polar surface area (TPSA) is 62.9 Å². The van der Waals surface area contributed by atoms with E-state index in [-0.39, 0.29) is 0 Å². The number of hydrogen-bond acceptors (Lipinski definition) is 4. The summed E-state index contributed by atoms with van der Waals surface area (Å²) in [5, 5.41) is 7.43. The van der Waals surface area contributed by atoms with Gasteiger partial charge in [0.2, 0.25) is 0 Å². The molecule has 0 aliphatic heterocycles. The van der Waals surface area contributed by atoms with Gasteiger partial charge in [-0.3, -0.25) is 4.99 Å². The summed E-state index contributed by atoms with van der Waals surface area (Å²) < 4.78 is 11.1. The van der Waals surface area contributed by atoms with Crippen LogP contribution in [-0.2, 0) is 11.3 Å². The predicted molar refractivity (Wildman–Crippen MR) is 98.3 cm³/mol. The SMILES string of the molecule is CN=C(NCc1cc(-c2ccccc2)on1)N(C)CCOCC1CC1. The zero-order chi connectivity index (χ0) is 17.5. The quantitative estimate of drug-likeness (QED) is 0.454. The minimum absolute atomic E-state index is 0.566. The van der Waals surface area contributed by atoms with Gasteiger partial charge in [0.05, 0.1) is 13.2 Å². The van der Waals surface area contributed by atoms with Crippen LogP contribution in [0.3, 0.4) is 0 Å². The molecule has 1 aromatic carbocycles. The fraction of sp³-hybridized carbons (Fsp3) is 0.474. The van der Waals surface area contributed by atoms with Crippen LogP contribution in [0.1, 0.15) is 18.5 Å². The lowest BCUT2D eigenvalue weighted by Gasteiger charge is -2.21. The number of guanidine groups is 1. The highest BCUT2D eigenvalue weighted by molar-refractivity contribution is 5.79. The molecule has 25 heavy (non-hydrogen) atoms. The van der Waals surface area contributed by atoms with E-state index < -0.39 is 0 Å². The average molecular weight is 342 g/mol. The zero-order valence-corrected chi connectivity index (χ0v) is 14.9. The number of aliphatic imine (C=N–C) groups is 1. The molecule has 6 heteroatoms. The highest BCUT2D eigenvalue weighted by atomic mass is 16.5. The number of rotatable bonds is 8. The van der Waals surface area contributed by atoms with Crippen molar-refractivity contribution < 1.29 is 9.26 Å². The standard InChI is InChI=1S/C19H26N4O2/c1-20-19(23(2)10-11-24-14-15-8-9-15)21-13-17-12-18(25-22-17)16-6-4-3-5-7-16/h3-7,12,15H,8-11,13-14H2,1-2H3,(H,20,21). The van der Waals surface area contributed by atoms with Gasteiger partial charge >= 0.3 is 0 Å². The largest absolute Gasteiger partial charge is 0.379 e. The second-order valence-corrected chi connectivity index (χ2v) is 6.39. The van der Waals surface area contributed by atoms with Crippen molar-refractivity contribution in [2.75, 3.05) is 33.9 Å². The van der Waals surface area contributed by atoms with Crippen molar-refractivity contribution >= 4 is 5.96 Å². The second-order valence-electron chi connectivity index (χ2n) is 6.39. The summed E-state index contributed by atoms with van der Waals surface area (Å²) in [6, 6.07) is 11.9. The minimum atomic E-state index is 0.566. The van der Waals surface area contributed by atoms with Crippen molar-refractivity contribution in [1.82, 2.24) is 15.4 Å².